The van der Waals surface area contributed by atoms with Crippen LogP contribution >= 0.6 is 7.26 Å². The number of carbonyl (C=O) groups excluding carboxylic acids is 1. The molecule has 3 rings (SSSR count). The van der Waals surface area contributed by atoms with Crippen LogP contribution in [0.3, 0.4) is 0 Å². The van der Waals surface area contributed by atoms with Crippen LogP contribution in [0, 0.1) is 0 Å². The van der Waals surface area contributed by atoms with Crippen LogP contribution in [0.15, 0.2) is 103 Å². The summed E-state index contributed by atoms with van der Waals surface area (Å²) in [5, 5.41) is 3.89. The van der Waals surface area contributed by atoms with Gasteiger partial charge in [-0.15, -0.1) is 0 Å². The van der Waals surface area contributed by atoms with Crippen molar-refractivity contribution in [1.29, 1.82) is 0 Å². The minimum Gasteiger partial charge on any atom is -1.00 e. The third-order valence-electron chi connectivity index (χ3n) is 4.43. The lowest BCUT2D eigenvalue weighted by Crippen LogP contribution is -3.00. The number of benzene rings is 3. The fraction of sp³-hybridized carbons (Fsp3) is 0.0870. The molecule has 3 aromatic rings. The van der Waals surface area contributed by atoms with Gasteiger partial charge < -0.3 is 21.7 Å². The number of hydrogen-bond acceptors (Lipinski definition) is 2. The van der Waals surface area contributed by atoms with Crippen molar-refractivity contribution >= 4 is 29.1 Å². The van der Waals surface area contributed by atoms with Gasteiger partial charge >= 0.3 is 5.97 Å². The SMILES string of the molecule is COC(=O)/C=C\C[P+](c1ccccc1)(c1ccccc1)c1ccccc1.[Br-]. The van der Waals surface area contributed by atoms with E-state index in [1.165, 1.54) is 29.1 Å². The number of ether oxygens (including phenoxy) is 1. The van der Waals surface area contributed by atoms with Crippen molar-refractivity contribution in [2.24, 2.45) is 0 Å². The molecule has 0 amide bonds. The van der Waals surface area contributed by atoms with Gasteiger partial charge in [0.25, 0.3) is 0 Å². The largest absolute Gasteiger partial charge is 1.00 e. The van der Waals surface area contributed by atoms with E-state index in [4.69, 9.17) is 4.74 Å². The second-order valence-electron chi connectivity index (χ2n) is 5.92. The highest BCUT2D eigenvalue weighted by Crippen LogP contribution is 2.55. The highest BCUT2D eigenvalue weighted by atomic mass is 79.9. The number of hydrogen-bond donors (Lipinski definition) is 0. The Balaban J connectivity index is 0.00000261. The standard InChI is InChI=1S/C23H22O2P.BrH/c1-25-23(24)18-11-19-26(20-12-5-2-6-13-20,21-14-7-3-8-15-21)22-16-9-4-10-17-22;/h2-18H,19H2,1H3;1H/q+1;/p-1/b18-11-;. The van der Waals surface area contributed by atoms with Crippen LogP contribution in [0.1, 0.15) is 0 Å². The minimum absolute atomic E-state index is 0. The van der Waals surface area contributed by atoms with Crippen molar-refractivity contribution in [2.75, 3.05) is 13.3 Å². The molecule has 0 spiro atoms. The summed E-state index contributed by atoms with van der Waals surface area (Å²) in [6, 6.07) is 31.8. The molecule has 0 saturated heterocycles. The highest BCUT2D eigenvalue weighted by Gasteiger charge is 2.44. The number of allylic oxidation sites excluding steroid dienone is 1. The summed E-state index contributed by atoms with van der Waals surface area (Å²) in [5.74, 6) is -0.322. The van der Waals surface area contributed by atoms with Gasteiger partial charge in [-0.05, 0) is 42.5 Å². The van der Waals surface area contributed by atoms with Gasteiger partial charge in [0.15, 0.2) is 0 Å². The number of esters is 1. The van der Waals surface area contributed by atoms with Gasteiger partial charge in [-0.2, -0.15) is 0 Å². The number of halogens is 1. The Morgan fingerprint density at radius 3 is 1.48 bits per heavy atom. The first-order valence-electron chi connectivity index (χ1n) is 8.57. The van der Waals surface area contributed by atoms with E-state index in [0.29, 0.717) is 0 Å². The lowest BCUT2D eigenvalue weighted by atomic mass is 10.4. The second-order valence-corrected chi connectivity index (χ2v) is 9.46. The molecule has 27 heavy (non-hydrogen) atoms. The third-order valence-corrected chi connectivity index (χ3v) is 8.72. The lowest BCUT2D eigenvalue weighted by molar-refractivity contribution is -0.134. The van der Waals surface area contributed by atoms with E-state index >= 15 is 0 Å². The van der Waals surface area contributed by atoms with Crippen LogP contribution in [-0.2, 0) is 9.53 Å². The van der Waals surface area contributed by atoms with E-state index < -0.39 is 7.26 Å². The molecule has 0 aromatic heterocycles. The predicted octanol–water partition coefficient (Wildman–Crippen LogP) is 0.714. The van der Waals surface area contributed by atoms with Crippen LogP contribution in [0.4, 0.5) is 0 Å². The van der Waals surface area contributed by atoms with Crippen molar-refractivity contribution in [3.63, 3.8) is 0 Å². The van der Waals surface area contributed by atoms with Crippen molar-refractivity contribution < 1.29 is 26.5 Å². The molecule has 0 heterocycles. The molecule has 0 radical (unpaired) electrons. The Morgan fingerprint density at radius 1 is 0.778 bits per heavy atom. The number of rotatable bonds is 6. The van der Waals surface area contributed by atoms with Crippen molar-refractivity contribution in [2.45, 2.75) is 0 Å². The Labute approximate surface area is 172 Å². The summed E-state index contributed by atoms with van der Waals surface area (Å²) in [6.07, 6.45) is 4.25. The summed E-state index contributed by atoms with van der Waals surface area (Å²) in [5.41, 5.74) is 0. The zero-order chi connectivity index (χ0) is 18.2. The summed E-state index contributed by atoms with van der Waals surface area (Å²) < 4.78 is 4.77. The first-order valence-corrected chi connectivity index (χ1v) is 10.5. The van der Waals surface area contributed by atoms with Crippen molar-refractivity contribution in [3.05, 3.63) is 103 Å². The van der Waals surface area contributed by atoms with Gasteiger partial charge in [0, 0.05) is 6.08 Å². The Kier molecular flexibility index (Phi) is 7.97. The highest BCUT2D eigenvalue weighted by molar-refractivity contribution is 7.95. The van der Waals surface area contributed by atoms with E-state index in [0.717, 1.165) is 6.16 Å². The number of methoxy groups -OCH3 is 1. The van der Waals surface area contributed by atoms with Gasteiger partial charge in [0.2, 0.25) is 0 Å². The molecule has 0 unspecified atom stereocenters. The van der Waals surface area contributed by atoms with E-state index in [1.54, 1.807) is 0 Å². The molecular weight excluding hydrogens is 419 g/mol. The molecule has 0 fully saturated rings. The van der Waals surface area contributed by atoms with Crippen molar-refractivity contribution in [3.8, 4) is 0 Å². The van der Waals surface area contributed by atoms with Gasteiger partial charge in [-0.1, -0.05) is 54.6 Å². The zero-order valence-corrected chi connectivity index (χ0v) is 17.6. The summed E-state index contributed by atoms with van der Waals surface area (Å²) in [4.78, 5) is 11.6. The van der Waals surface area contributed by atoms with E-state index in [1.807, 2.05) is 24.3 Å². The van der Waals surface area contributed by atoms with Crippen LogP contribution < -0.4 is 32.9 Å². The molecule has 4 heteroatoms. The Hall–Kier alpha value is -2.22. The maximum Gasteiger partial charge on any atom is 0.330 e. The first kappa shape index (κ1) is 21.1. The lowest BCUT2D eigenvalue weighted by Gasteiger charge is -2.26. The third kappa shape index (κ3) is 4.74. The Morgan fingerprint density at radius 2 is 1.15 bits per heavy atom. The molecule has 0 bridgehead atoms. The van der Waals surface area contributed by atoms with Crippen LogP contribution in [-0.4, -0.2) is 19.2 Å². The fourth-order valence-electron chi connectivity index (χ4n) is 3.19. The molecule has 0 aliphatic rings. The van der Waals surface area contributed by atoms with Crippen LogP contribution in [0.5, 0.6) is 0 Å². The van der Waals surface area contributed by atoms with Gasteiger partial charge in [-0.25, -0.2) is 4.79 Å². The number of carbonyl (C=O) groups is 1. The van der Waals surface area contributed by atoms with E-state index in [9.17, 15) is 4.79 Å². The average Bonchev–Trinajstić information content (AvgIpc) is 2.73. The molecule has 0 saturated carbocycles. The van der Waals surface area contributed by atoms with Crippen LogP contribution in [0.25, 0.3) is 0 Å². The molecule has 138 valence electrons. The zero-order valence-electron chi connectivity index (χ0n) is 15.2. The topological polar surface area (TPSA) is 26.3 Å². The molecule has 3 aromatic carbocycles. The van der Waals surface area contributed by atoms with Gasteiger partial charge in [-0.3, -0.25) is 0 Å². The van der Waals surface area contributed by atoms with E-state index in [-0.39, 0.29) is 23.0 Å². The van der Waals surface area contributed by atoms with Crippen LogP contribution in [0.2, 0.25) is 0 Å². The molecule has 0 N–H and O–H groups in total. The molecule has 0 aliphatic heterocycles. The smallest absolute Gasteiger partial charge is 0.330 e. The molecular formula is C23H22BrO2P. The maximum atomic E-state index is 11.6. The molecule has 0 aliphatic carbocycles. The fourth-order valence-corrected chi connectivity index (χ4v) is 7.18. The monoisotopic (exact) mass is 440 g/mol. The van der Waals surface area contributed by atoms with Gasteiger partial charge in [0.05, 0.1) is 13.3 Å². The summed E-state index contributed by atoms with van der Waals surface area (Å²) in [7, 11) is -0.511. The van der Waals surface area contributed by atoms with E-state index in [2.05, 4.69) is 72.8 Å². The minimum atomic E-state index is -1.91. The van der Waals surface area contributed by atoms with Crippen molar-refractivity contribution in [1.82, 2.24) is 0 Å². The first-order chi connectivity index (χ1) is 12.8. The van der Waals surface area contributed by atoms with Gasteiger partial charge in [0.1, 0.15) is 23.2 Å². The average molecular weight is 441 g/mol. The quantitative estimate of drug-likeness (QED) is 0.320. The summed E-state index contributed by atoms with van der Waals surface area (Å²) >= 11 is 0. The molecule has 0 atom stereocenters. The second kappa shape index (κ2) is 10.2. The normalized spacial score (nSPS) is 11.0. The summed E-state index contributed by atoms with van der Waals surface area (Å²) in [6.45, 7) is 0. The predicted molar refractivity (Wildman–Crippen MR) is 111 cm³/mol. The maximum absolute atomic E-state index is 11.6. The molecule has 2 nitrogen and oxygen atoms in total. The Bertz CT molecular complexity index is 768.